The van der Waals surface area contributed by atoms with Gasteiger partial charge in [0.1, 0.15) is 11.5 Å². The van der Waals surface area contributed by atoms with Gasteiger partial charge in [-0.15, -0.1) is 12.4 Å². The highest BCUT2D eigenvalue weighted by Gasteiger charge is 2.07. The van der Waals surface area contributed by atoms with E-state index in [0.717, 1.165) is 17.1 Å². The molecule has 0 aromatic heterocycles. The largest absolute Gasteiger partial charge is 0.497 e. The molecule has 0 saturated heterocycles. The van der Waals surface area contributed by atoms with Gasteiger partial charge in [-0.25, -0.2) is 0 Å². The number of ether oxygens (including phenoxy) is 2. The molecule has 0 heterocycles. The Labute approximate surface area is 90.6 Å². The van der Waals surface area contributed by atoms with Crippen LogP contribution < -0.4 is 15.2 Å². The first-order chi connectivity index (χ1) is 6.19. The number of methoxy groups -OCH3 is 2. The summed E-state index contributed by atoms with van der Waals surface area (Å²) in [5.41, 5.74) is 6.75. The monoisotopic (exact) mass is 217 g/mol. The molecule has 2 N–H and O–H groups in total. The van der Waals surface area contributed by atoms with Crippen molar-refractivity contribution in [1.82, 2.24) is 0 Å². The van der Waals surface area contributed by atoms with Crippen LogP contribution in [0.5, 0.6) is 11.5 Å². The number of hydrogen-bond donors (Lipinski definition) is 1. The van der Waals surface area contributed by atoms with Gasteiger partial charge in [0.2, 0.25) is 0 Å². The molecule has 0 aliphatic carbocycles. The van der Waals surface area contributed by atoms with E-state index in [1.807, 2.05) is 25.1 Å². The first-order valence-corrected chi connectivity index (χ1v) is 4.16. The Morgan fingerprint density at radius 1 is 1.21 bits per heavy atom. The first-order valence-electron chi connectivity index (χ1n) is 4.16. The van der Waals surface area contributed by atoms with Crippen molar-refractivity contribution in [3.05, 3.63) is 23.8 Å². The second-order valence-electron chi connectivity index (χ2n) is 2.90. The van der Waals surface area contributed by atoms with Gasteiger partial charge >= 0.3 is 0 Å². The molecule has 4 heteroatoms. The van der Waals surface area contributed by atoms with E-state index in [2.05, 4.69) is 0 Å². The maximum Gasteiger partial charge on any atom is 0.127 e. The molecule has 0 bridgehead atoms. The van der Waals surface area contributed by atoms with E-state index in [0.29, 0.717) is 0 Å². The Hall–Kier alpha value is -0.930. The summed E-state index contributed by atoms with van der Waals surface area (Å²) in [6.07, 6.45) is 0. The van der Waals surface area contributed by atoms with E-state index in [4.69, 9.17) is 15.2 Å². The predicted octanol–water partition coefficient (Wildman–Crippen LogP) is 2.15. The fourth-order valence-electron chi connectivity index (χ4n) is 1.19. The maximum atomic E-state index is 5.76. The molecule has 0 aliphatic heterocycles. The number of rotatable bonds is 3. The average Bonchev–Trinajstić information content (AvgIpc) is 2.16. The van der Waals surface area contributed by atoms with E-state index in [1.54, 1.807) is 14.2 Å². The van der Waals surface area contributed by atoms with Gasteiger partial charge in [0.25, 0.3) is 0 Å². The van der Waals surface area contributed by atoms with Crippen LogP contribution in [0.1, 0.15) is 18.5 Å². The Morgan fingerprint density at radius 2 is 1.86 bits per heavy atom. The van der Waals surface area contributed by atoms with Crippen LogP contribution in [0.25, 0.3) is 0 Å². The highest BCUT2D eigenvalue weighted by molar-refractivity contribution is 5.85. The topological polar surface area (TPSA) is 44.5 Å². The molecule has 80 valence electrons. The zero-order valence-corrected chi connectivity index (χ0v) is 9.43. The van der Waals surface area contributed by atoms with Gasteiger partial charge in [-0.05, 0) is 13.0 Å². The highest BCUT2D eigenvalue weighted by Crippen LogP contribution is 2.27. The van der Waals surface area contributed by atoms with Crippen molar-refractivity contribution in [1.29, 1.82) is 0 Å². The van der Waals surface area contributed by atoms with E-state index in [1.165, 1.54) is 0 Å². The molecule has 0 amide bonds. The number of hydrogen-bond acceptors (Lipinski definition) is 3. The lowest BCUT2D eigenvalue weighted by Crippen LogP contribution is -2.06. The van der Waals surface area contributed by atoms with Crippen molar-refractivity contribution in [2.45, 2.75) is 13.0 Å². The van der Waals surface area contributed by atoms with Crippen molar-refractivity contribution < 1.29 is 9.47 Å². The number of benzene rings is 1. The molecule has 3 nitrogen and oxygen atoms in total. The van der Waals surface area contributed by atoms with Crippen LogP contribution in [0, 0.1) is 0 Å². The standard InChI is InChI=1S/C10H15NO2.ClH/c1-7(11)9-5-4-8(12-2)6-10(9)13-3;/h4-7H,11H2,1-3H3;1H/t7-;/m1./s1. The molecule has 0 saturated carbocycles. The minimum absolute atomic E-state index is 0. The summed E-state index contributed by atoms with van der Waals surface area (Å²) in [4.78, 5) is 0. The molecule has 0 radical (unpaired) electrons. The molecular formula is C10H16ClNO2. The lowest BCUT2D eigenvalue weighted by molar-refractivity contribution is 0.389. The number of halogens is 1. The smallest absolute Gasteiger partial charge is 0.127 e. The van der Waals surface area contributed by atoms with E-state index >= 15 is 0 Å². The third-order valence-electron chi connectivity index (χ3n) is 1.93. The Balaban J connectivity index is 0.00000169. The van der Waals surface area contributed by atoms with Gasteiger partial charge in [-0.2, -0.15) is 0 Å². The second-order valence-corrected chi connectivity index (χ2v) is 2.90. The van der Waals surface area contributed by atoms with Crippen LogP contribution in [-0.4, -0.2) is 14.2 Å². The fraction of sp³-hybridized carbons (Fsp3) is 0.400. The SMILES string of the molecule is COc1ccc([C@@H](C)N)c(OC)c1.Cl. The summed E-state index contributed by atoms with van der Waals surface area (Å²) >= 11 is 0. The Morgan fingerprint density at radius 3 is 2.29 bits per heavy atom. The van der Waals surface area contributed by atoms with Crippen molar-refractivity contribution >= 4 is 12.4 Å². The van der Waals surface area contributed by atoms with Gasteiger partial charge in [0.15, 0.2) is 0 Å². The molecule has 1 aromatic rings. The molecule has 1 aromatic carbocycles. The van der Waals surface area contributed by atoms with E-state index < -0.39 is 0 Å². The van der Waals surface area contributed by atoms with Crippen LogP contribution in [0.3, 0.4) is 0 Å². The summed E-state index contributed by atoms with van der Waals surface area (Å²) in [5.74, 6) is 1.55. The van der Waals surface area contributed by atoms with Gasteiger partial charge in [0, 0.05) is 17.7 Å². The number of nitrogens with two attached hydrogens (primary N) is 1. The molecule has 0 spiro atoms. The molecule has 0 unspecified atom stereocenters. The zero-order chi connectivity index (χ0) is 9.84. The Kier molecular flexibility index (Phi) is 5.35. The van der Waals surface area contributed by atoms with Gasteiger partial charge in [-0.3, -0.25) is 0 Å². The molecular weight excluding hydrogens is 202 g/mol. The lowest BCUT2D eigenvalue weighted by atomic mass is 10.1. The lowest BCUT2D eigenvalue weighted by Gasteiger charge is -2.12. The van der Waals surface area contributed by atoms with Crippen LogP contribution in [0.15, 0.2) is 18.2 Å². The van der Waals surface area contributed by atoms with E-state index in [9.17, 15) is 0 Å². The summed E-state index contributed by atoms with van der Waals surface area (Å²) in [6.45, 7) is 1.92. The maximum absolute atomic E-state index is 5.76. The van der Waals surface area contributed by atoms with Crippen molar-refractivity contribution in [2.24, 2.45) is 5.73 Å². The van der Waals surface area contributed by atoms with Gasteiger partial charge in [-0.1, -0.05) is 6.07 Å². The first kappa shape index (κ1) is 13.1. The van der Waals surface area contributed by atoms with Gasteiger partial charge < -0.3 is 15.2 Å². The summed E-state index contributed by atoms with van der Waals surface area (Å²) in [7, 11) is 3.25. The van der Waals surface area contributed by atoms with Gasteiger partial charge in [0.05, 0.1) is 14.2 Å². The van der Waals surface area contributed by atoms with Crippen molar-refractivity contribution in [2.75, 3.05) is 14.2 Å². The minimum Gasteiger partial charge on any atom is -0.497 e. The third-order valence-corrected chi connectivity index (χ3v) is 1.93. The van der Waals surface area contributed by atoms with Crippen molar-refractivity contribution in [3.63, 3.8) is 0 Å². The Bertz CT molecular complexity index is 289. The fourth-order valence-corrected chi connectivity index (χ4v) is 1.19. The average molecular weight is 218 g/mol. The summed E-state index contributed by atoms with van der Waals surface area (Å²) in [6, 6.07) is 5.60. The molecule has 14 heavy (non-hydrogen) atoms. The molecule has 0 fully saturated rings. The van der Waals surface area contributed by atoms with Crippen LogP contribution in [0.4, 0.5) is 0 Å². The highest BCUT2D eigenvalue weighted by atomic mass is 35.5. The van der Waals surface area contributed by atoms with Crippen LogP contribution in [0.2, 0.25) is 0 Å². The van der Waals surface area contributed by atoms with Crippen LogP contribution in [-0.2, 0) is 0 Å². The third kappa shape index (κ3) is 2.79. The quantitative estimate of drug-likeness (QED) is 0.844. The molecule has 0 aliphatic rings. The predicted molar refractivity (Wildman–Crippen MR) is 59.4 cm³/mol. The van der Waals surface area contributed by atoms with Crippen LogP contribution >= 0.6 is 12.4 Å². The van der Waals surface area contributed by atoms with E-state index in [-0.39, 0.29) is 18.4 Å². The normalized spacial score (nSPS) is 11.4. The summed E-state index contributed by atoms with van der Waals surface area (Å²) < 4.78 is 10.3. The summed E-state index contributed by atoms with van der Waals surface area (Å²) in [5, 5.41) is 0. The second kappa shape index (κ2) is 5.73. The zero-order valence-electron chi connectivity index (χ0n) is 8.61. The minimum atomic E-state index is -0.0270. The molecule has 1 atom stereocenters. The van der Waals surface area contributed by atoms with Crippen molar-refractivity contribution in [3.8, 4) is 11.5 Å². The molecule has 1 rings (SSSR count).